The van der Waals surface area contributed by atoms with Crippen molar-refractivity contribution in [1.82, 2.24) is 9.97 Å². The van der Waals surface area contributed by atoms with E-state index >= 15 is 0 Å². The summed E-state index contributed by atoms with van der Waals surface area (Å²) in [6.07, 6.45) is 12.4. The van der Waals surface area contributed by atoms with Crippen molar-refractivity contribution in [2.45, 2.75) is 0 Å². The van der Waals surface area contributed by atoms with Crippen LogP contribution in [0.25, 0.3) is 79.5 Å². The molecule has 12 aromatic rings. The van der Waals surface area contributed by atoms with Gasteiger partial charge in [-0.3, -0.25) is 9.97 Å². The van der Waals surface area contributed by atoms with Crippen molar-refractivity contribution in [3.05, 3.63) is 336 Å². The fraction of sp³-hybridized carbons (Fsp3) is 0. The molecule has 10 aromatic carbocycles. The van der Waals surface area contributed by atoms with Gasteiger partial charge in [0.25, 0.3) is 0 Å². The zero-order valence-electron chi connectivity index (χ0n) is 43.1. The number of benzene rings is 10. The predicted molar refractivity (Wildman–Crippen MR) is 331 cm³/mol. The highest BCUT2D eigenvalue weighted by Crippen LogP contribution is 2.34. The summed E-state index contributed by atoms with van der Waals surface area (Å²) in [7, 11) is 0. The van der Waals surface area contributed by atoms with Gasteiger partial charge in [-0.1, -0.05) is 267 Å². The van der Waals surface area contributed by atoms with E-state index in [1.165, 1.54) is 106 Å². The van der Waals surface area contributed by atoms with Gasteiger partial charge in [-0.2, -0.15) is 0 Å². The van der Waals surface area contributed by atoms with Gasteiger partial charge in [-0.15, -0.1) is 0 Å². The van der Waals surface area contributed by atoms with Gasteiger partial charge in [0.2, 0.25) is 0 Å². The molecule has 2 heterocycles. The molecule has 0 bridgehead atoms. The van der Waals surface area contributed by atoms with Gasteiger partial charge >= 0.3 is 33.2 Å². The van der Waals surface area contributed by atoms with E-state index in [0.29, 0.717) is 0 Å². The second kappa shape index (κ2) is 26.6. The third-order valence-electron chi connectivity index (χ3n) is 13.3. The van der Waals surface area contributed by atoms with E-state index in [9.17, 15) is 0 Å². The Balaban J connectivity index is 0.000000150. The number of fused-ring (bicyclic) bond motifs is 2. The Morgan fingerprint density at radius 2 is 0.692 bits per heavy atom. The molecule has 2 radical (unpaired) electrons. The molecule has 4 nitrogen and oxygen atoms in total. The van der Waals surface area contributed by atoms with Crippen LogP contribution in [0, 0.1) is 0 Å². The van der Waals surface area contributed by atoms with Gasteiger partial charge in [0.05, 0.1) is 0 Å². The van der Waals surface area contributed by atoms with Gasteiger partial charge < -0.3 is 7.58 Å². The highest BCUT2D eigenvalue weighted by Gasteiger charge is 2.10. The number of hydrogen-bond donors (Lipinski definition) is 0. The quantitative estimate of drug-likeness (QED) is 0.0903. The van der Waals surface area contributed by atoms with Crippen LogP contribution < -0.4 is 7.58 Å². The van der Waals surface area contributed by atoms with E-state index in [4.69, 9.17) is 7.58 Å². The molecule has 2 aromatic heterocycles. The lowest BCUT2D eigenvalue weighted by Gasteiger charge is -2.10. The van der Waals surface area contributed by atoms with E-state index in [0.717, 1.165) is 38.9 Å². The van der Waals surface area contributed by atoms with Crippen LogP contribution in [0.3, 0.4) is 0 Å². The Morgan fingerprint density at radius 1 is 0.308 bits per heavy atom. The number of rotatable bonds is 12. The largest absolute Gasteiger partial charge is 0.649 e. The topological polar surface area (TPSA) is 44.2 Å². The van der Waals surface area contributed by atoms with E-state index in [-0.39, 0.29) is 0 Å². The summed E-state index contributed by atoms with van der Waals surface area (Å²) in [5, 5.41) is 2.22. The van der Waals surface area contributed by atoms with Gasteiger partial charge in [0, 0.05) is 23.2 Å². The molecular weight excluding hydrogens is 979 g/mol. The van der Waals surface area contributed by atoms with Crippen LogP contribution in [0.5, 0.6) is 11.5 Å². The first-order valence-corrected chi connectivity index (χ1v) is 27.0. The average Bonchev–Trinajstić information content (AvgIpc) is 3.53. The smallest absolute Gasteiger partial charge is 0.494 e. The standard InChI is InChI=1S/C40H30.C17H13NO.C15H11NO.2Al.2H/c1-5-13-35(14-6-1)39(36-15-7-2-8-16-36)29-31-21-25-33(26-22-31)34-27-23-32(24-28-34)30-40(37-17-9-3-10-18-37)38-19-11-4-12-20-38;19-16-11-10-14(15-7-4-12-18-17(15)16)9-8-13-5-2-1-3-6-13;17-14-9-8-12(11-5-2-1-3-6-11)13-7-4-10-16-15(13)14;;;;/h1-30H;1-12,19H;1-10,17H;;;;/q;;;2*+1;;/p-2/b;9-8+;;;;;. The summed E-state index contributed by atoms with van der Waals surface area (Å²) >= 11 is 2.94. The molecule has 6 heteroatoms. The lowest BCUT2D eigenvalue weighted by Crippen LogP contribution is -1.90. The number of aromatic nitrogens is 2. The lowest BCUT2D eigenvalue weighted by molar-refractivity contribution is 0.622. The number of nitrogens with zero attached hydrogens (tertiary/aromatic N) is 2. The molecule has 78 heavy (non-hydrogen) atoms. The zero-order chi connectivity index (χ0) is 53.1. The van der Waals surface area contributed by atoms with Crippen LogP contribution in [0.1, 0.15) is 44.5 Å². The predicted octanol–water partition coefficient (Wildman–Crippen LogP) is 17.2. The molecule has 0 saturated heterocycles. The van der Waals surface area contributed by atoms with Crippen molar-refractivity contribution >= 4 is 90.5 Å². The van der Waals surface area contributed by atoms with Gasteiger partial charge in [0.1, 0.15) is 22.5 Å². The minimum atomic E-state index is 0.816. The summed E-state index contributed by atoms with van der Waals surface area (Å²) in [6.45, 7) is 0. The van der Waals surface area contributed by atoms with E-state index in [1.807, 2.05) is 60.7 Å². The van der Waals surface area contributed by atoms with E-state index < -0.39 is 0 Å². The van der Waals surface area contributed by atoms with Crippen LogP contribution in [0.4, 0.5) is 0 Å². The van der Waals surface area contributed by atoms with Gasteiger partial charge in [-0.05, 0) is 114 Å². The second-order valence-electron chi connectivity index (χ2n) is 18.3. The second-order valence-corrected chi connectivity index (χ2v) is 18.9. The molecular formula is C72H54Al2N2O2. The third kappa shape index (κ3) is 13.3. The Morgan fingerprint density at radius 3 is 1.13 bits per heavy atom. The Bertz CT molecular complexity index is 3710. The zero-order valence-corrected chi connectivity index (χ0v) is 46.0. The number of pyridine rings is 2. The Hall–Kier alpha value is -9.10. The summed E-state index contributed by atoms with van der Waals surface area (Å²) in [5.74, 6) is 1.64. The molecule has 0 aliphatic rings. The Labute approximate surface area is 474 Å². The van der Waals surface area contributed by atoms with Crippen LogP contribution in [0.2, 0.25) is 0 Å². The molecule has 0 atom stereocenters. The highest BCUT2D eigenvalue weighted by molar-refractivity contribution is 6.04. The van der Waals surface area contributed by atoms with Gasteiger partial charge in [-0.25, -0.2) is 0 Å². The SMILES string of the molecule is C(=C(c1ccccc1)c1ccccc1)c1ccc(-c2ccc(C=C(c3ccccc3)c3ccccc3)cc2)cc1.[AlH][O]c1ccc(-c2ccccc2)c2cccnc12.[AlH][O]c1ccc(/C=C/c2ccccc2)c2cccnc12. The Kier molecular flexibility index (Phi) is 17.9. The lowest BCUT2D eigenvalue weighted by atomic mass is 9.94. The molecule has 0 aliphatic carbocycles. The third-order valence-corrected chi connectivity index (χ3v) is 13.9. The molecule has 0 aliphatic heterocycles. The summed E-state index contributed by atoms with van der Waals surface area (Å²) in [5.41, 5.74) is 18.6. The maximum absolute atomic E-state index is 5.39. The van der Waals surface area contributed by atoms with Crippen molar-refractivity contribution in [2.75, 3.05) is 0 Å². The maximum Gasteiger partial charge on any atom is 0.494 e. The summed E-state index contributed by atoms with van der Waals surface area (Å²) in [4.78, 5) is 8.83. The molecule has 0 saturated carbocycles. The van der Waals surface area contributed by atoms with Crippen molar-refractivity contribution in [2.24, 2.45) is 0 Å². The van der Waals surface area contributed by atoms with Crippen molar-refractivity contribution in [3.63, 3.8) is 0 Å². The number of hydrogen-bond acceptors (Lipinski definition) is 4. The van der Waals surface area contributed by atoms with E-state index in [1.54, 1.807) is 12.4 Å². The molecule has 0 unspecified atom stereocenters. The van der Waals surface area contributed by atoms with Crippen LogP contribution in [-0.2, 0) is 0 Å². The van der Waals surface area contributed by atoms with E-state index in [2.05, 4.69) is 253 Å². The highest BCUT2D eigenvalue weighted by atomic mass is 27.1. The van der Waals surface area contributed by atoms with Crippen molar-refractivity contribution in [1.29, 1.82) is 0 Å². The van der Waals surface area contributed by atoms with Crippen LogP contribution >= 0.6 is 0 Å². The molecule has 0 amide bonds. The molecule has 0 spiro atoms. The fourth-order valence-electron chi connectivity index (χ4n) is 9.33. The summed E-state index contributed by atoms with van der Waals surface area (Å²) < 4.78 is 10.8. The average molecular weight is 1030 g/mol. The minimum absolute atomic E-state index is 0.816. The molecule has 370 valence electrons. The van der Waals surface area contributed by atoms with Crippen molar-refractivity contribution in [3.8, 4) is 33.8 Å². The monoisotopic (exact) mass is 1030 g/mol. The first-order valence-electron chi connectivity index (χ1n) is 25.9. The fourth-order valence-corrected chi connectivity index (χ4v) is 9.79. The summed E-state index contributed by atoms with van der Waals surface area (Å²) in [6, 6.07) is 96.8. The first kappa shape index (κ1) is 52.4. The normalized spacial score (nSPS) is 10.6. The molecule has 0 fully saturated rings. The maximum atomic E-state index is 5.39. The molecule has 0 N–H and O–H groups in total. The van der Waals surface area contributed by atoms with Crippen molar-refractivity contribution < 1.29 is 7.58 Å². The van der Waals surface area contributed by atoms with Crippen LogP contribution in [0.15, 0.2) is 291 Å². The minimum Gasteiger partial charge on any atom is -0.649 e. The van der Waals surface area contributed by atoms with Gasteiger partial charge in [0.15, 0.2) is 0 Å². The van der Waals surface area contributed by atoms with Crippen LogP contribution in [-0.4, -0.2) is 43.2 Å². The molecule has 12 rings (SSSR count). The first-order chi connectivity index (χ1) is 38.6.